The minimum Gasteiger partial charge on any atom is -0.333 e. The van der Waals surface area contributed by atoms with Crippen molar-refractivity contribution >= 4 is 23.4 Å². The maximum Gasteiger partial charge on any atom is 0.425 e. The van der Waals surface area contributed by atoms with Gasteiger partial charge in [-0.2, -0.15) is 13.2 Å². The third kappa shape index (κ3) is 3.87. The maximum absolute atomic E-state index is 12.5. The van der Waals surface area contributed by atoms with E-state index in [1.54, 1.807) is 0 Å². The second kappa shape index (κ2) is 6.42. The fraction of sp³-hybridized carbons (Fsp3) is 0.182. The second-order valence-corrected chi connectivity index (χ2v) is 3.19. The summed E-state index contributed by atoms with van der Waals surface area (Å²) in [5, 5.41) is -0.0280. The van der Waals surface area contributed by atoms with Crippen molar-refractivity contribution in [3.63, 3.8) is 0 Å². The fourth-order valence-corrected chi connectivity index (χ4v) is 1.28. The minimum atomic E-state index is -4.50. The van der Waals surface area contributed by atoms with Crippen LogP contribution in [0, 0.1) is 0 Å². The summed E-state index contributed by atoms with van der Waals surface area (Å²) in [5.74, 6) is -0.412. The average Bonchev–Trinajstić information content (AvgIpc) is 2.29. The van der Waals surface area contributed by atoms with Crippen LogP contribution in [0.2, 0.25) is 0 Å². The van der Waals surface area contributed by atoms with Gasteiger partial charge < -0.3 is 5.73 Å². The zero-order valence-corrected chi connectivity index (χ0v) is 9.90. The molecule has 0 saturated heterocycles. The van der Waals surface area contributed by atoms with Gasteiger partial charge in [0.15, 0.2) is 5.56 Å². The molecule has 6 heteroatoms. The Labute approximate surface area is 102 Å². The van der Waals surface area contributed by atoms with Gasteiger partial charge in [0, 0.05) is 0 Å². The smallest absolute Gasteiger partial charge is 0.333 e. The molecule has 0 radical (unpaired) electrons. The first-order chi connectivity index (χ1) is 7.88. The Morgan fingerprint density at radius 1 is 1.35 bits per heavy atom. The molecular formula is C11H12ClF3NO+. The average molecular weight is 267 g/mol. The number of para-hydroxylation sites is 1. The summed E-state index contributed by atoms with van der Waals surface area (Å²) < 4.78 is 41.9. The molecule has 0 spiro atoms. The highest BCUT2D eigenvalue weighted by Gasteiger charge is 2.39. The number of nitrogens with two attached hydrogens (primary N) is 1. The molecule has 0 amide bonds. The van der Waals surface area contributed by atoms with Crippen LogP contribution in [0.25, 0.3) is 5.03 Å². The molecule has 0 unspecified atom stereocenters. The number of hydrogen-bond acceptors (Lipinski definition) is 1. The molecule has 1 aromatic carbocycles. The molecule has 0 fully saturated rings. The van der Waals surface area contributed by atoms with Gasteiger partial charge in [0.2, 0.25) is 0 Å². The molecule has 0 saturated carbocycles. The highest BCUT2D eigenvalue weighted by atomic mass is 35.5. The Morgan fingerprint density at radius 3 is 2.24 bits per heavy atom. The lowest BCUT2D eigenvalue weighted by atomic mass is 10.1. The van der Waals surface area contributed by atoms with Gasteiger partial charge in [0.05, 0.1) is 10.6 Å². The van der Waals surface area contributed by atoms with E-state index in [1.165, 1.54) is 19.2 Å². The lowest BCUT2D eigenvalue weighted by Gasteiger charge is -2.06. The van der Waals surface area contributed by atoms with E-state index in [0.29, 0.717) is 0 Å². The minimum absolute atomic E-state index is 0.0280. The number of rotatable bonds is 2. The van der Waals surface area contributed by atoms with E-state index in [-0.39, 0.29) is 10.6 Å². The van der Waals surface area contributed by atoms with Crippen LogP contribution in [-0.4, -0.2) is 13.8 Å². The molecule has 0 heterocycles. The number of benzene rings is 1. The van der Waals surface area contributed by atoms with E-state index in [4.69, 9.17) is 11.6 Å². The van der Waals surface area contributed by atoms with Crippen molar-refractivity contribution in [2.75, 3.05) is 7.05 Å². The topological polar surface area (TPSA) is 37.3 Å². The Balaban J connectivity index is 0.00000121. The summed E-state index contributed by atoms with van der Waals surface area (Å²) in [7, 11) is 1.50. The molecule has 94 valence electrons. The third-order valence-corrected chi connectivity index (χ3v) is 1.96. The standard InChI is InChI=1S/C10H7ClF3O.CH5N/c1-6(11)7-4-3-5-8(9(7)15-2)10(12,13)14;1-2/h3-5H,1-2H2;2H2,1H3/q+1;. The maximum atomic E-state index is 12.5. The first-order valence-electron chi connectivity index (χ1n) is 4.42. The van der Waals surface area contributed by atoms with Gasteiger partial charge >= 0.3 is 11.9 Å². The predicted octanol–water partition coefficient (Wildman–Crippen LogP) is 3.57. The fourth-order valence-electron chi connectivity index (χ4n) is 1.13. The summed E-state index contributed by atoms with van der Waals surface area (Å²) in [4.78, 5) is 0. The molecule has 1 rings (SSSR count). The van der Waals surface area contributed by atoms with Crippen molar-refractivity contribution in [3.05, 3.63) is 35.9 Å². The summed E-state index contributed by atoms with van der Waals surface area (Å²) in [6.07, 6.45) is -4.50. The first kappa shape index (κ1) is 15.7. The van der Waals surface area contributed by atoms with Crippen LogP contribution in [0.3, 0.4) is 0 Å². The molecule has 0 aromatic heterocycles. The van der Waals surface area contributed by atoms with Crippen molar-refractivity contribution < 1.29 is 17.6 Å². The summed E-state index contributed by atoms with van der Waals surface area (Å²) in [5.41, 5.74) is 3.67. The molecule has 17 heavy (non-hydrogen) atoms. The van der Waals surface area contributed by atoms with Gasteiger partial charge in [0.1, 0.15) is 0 Å². The lowest BCUT2D eigenvalue weighted by molar-refractivity contribution is -0.359. The first-order valence-corrected chi connectivity index (χ1v) is 4.80. The Bertz CT molecular complexity index is 416. The van der Waals surface area contributed by atoms with Gasteiger partial charge in [-0.1, -0.05) is 24.2 Å². The number of carbonyl (C=O) groups excluding carboxylic acids is 1. The van der Waals surface area contributed by atoms with Crippen LogP contribution >= 0.6 is 11.6 Å². The number of hydrogen-bond donors (Lipinski definition) is 1. The second-order valence-electron chi connectivity index (χ2n) is 2.73. The summed E-state index contributed by atoms with van der Waals surface area (Å²) >= 11 is 5.54. The van der Waals surface area contributed by atoms with E-state index in [1.807, 2.05) is 0 Å². The number of halogens is 4. The van der Waals surface area contributed by atoms with Crippen LogP contribution in [-0.2, 0) is 10.6 Å². The van der Waals surface area contributed by atoms with E-state index < -0.39 is 17.5 Å². The van der Waals surface area contributed by atoms with E-state index in [2.05, 4.69) is 23.5 Å². The van der Waals surface area contributed by atoms with Crippen LogP contribution in [0.5, 0.6) is 5.75 Å². The van der Waals surface area contributed by atoms with Crippen LogP contribution in [0.1, 0.15) is 11.1 Å². The molecule has 2 N–H and O–H groups in total. The SMILES string of the molecule is C=[O+]c1c(C(=C)Cl)cccc1C(F)(F)F.CN. The number of alkyl halides is 3. The monoisotopic (exact) mass is 266 g/mol. The van der Waals surface area contributed by atoms with E-state index in [0.717, 1.165) is 6.07 Å². The van der Waals surface area contributed by atoms with E-state index >= 15 is 0 Å². The van der Waals surface area contributed by atoms with Crippen molar-refractivity contribution in [1.82, 2.24) is 0 Å². The molecule has 0 aliphatic heterocycles. The predicted molar refractivity (Wildman–Crippen MR) is 63.0 cm³/mol. The van der Waals surface area contributed by atoms with Gasteiger partial charge in [-0.3, -0.25) is 0 Å². The lowest BCUT2D eigenvalue weighted by Crippen LogP contribution is -2.06. The van der Waals surface area contributed by atoms with Gasteiger partial charge in [-0.15, -0.1) is 0 Å². The highest BCUT2D eigenvalue weighted by Crippen LogP contribution is 2.40. The van der Waals surface area contributed by atoms with Gasteiger partial charge in [-0.25, -0.2) is 4.42 Å². The largest absolute Gasteiger partial charge is 0.425 e. The van der Waals surface area contributed by atoms with E-state index in [9.17, 15) is 13.2 Å². The molecular weight excluding hydrogens is 255 g/mol. The molecule has 1 aromatic rings. The van der Waals surface area contributed by atoms with Gasteiger partial charge in [0.25, 0.3) is 6.79 Å². The third-order valence-electron chi connectivity index (χ3n) is 1.76. The molecule has 2 nitrogen and oxygen atoms in total. The van der Waals surface area contributed by atoms with Gasteiger partial charge in [-0.05, 0) is 19.2 Å². The molecule has 0 aliphatic rings. The molecule has 0 bridgehead atoms. The Kier molecular flexibility index (Phi) is 5.91. The van der Waals surface area contributed by atoms with Crippen molar-refractivity contribution in [1.29, 1.82) is 0 Å². The zero-order chi connectivity index (χ0) is 13.6. The molecule has 0 aliphatic carbocycles. The van der Waals surface area contributed by atoms with Crippen LogP contribution in [0.15, 0.2) is 24.8 Å². The van der Waals surface area contributed by atoms with Crippen molar-refractivity contribution in [3.8, 4) is 5.75 Å². The van der Waals surface area contributed by atoms with Crippen molar-refractivity contribution in [2.24, 2.45) is 5.73 Å². The zero-order valence-electron chi connectivity index (χ0n) is 9.14. The Hall–Kier alpha value is -1.33. The Morgan fingerprint density at radius 2 is 1.88 bits per heavy atom. The normalized spacial score (nSPS) is 10.2. The summed E-state index contributed by atoms with van der Waals surface area (Å²) in [6.45, 7) is 6.32. The van der Waals surface area contributed by atoms with Crippen molar-refractivity contribution in [2.45, 2.75) is 6.18 Å². The van der Waals surface area contributed by atoms with Crippen LogP contribution in [0.4, 0.5) is 13.2 Å². The quantitative estimate of drug-likeness (QED) is 0.817. The summed E-state index contributed by atoms with van der Waals surface area (Å²) in [6, 6.07) is 3.50. The van der Waals surface area contributed by atoms with Crippen LogP contribution < -0.4 is 5.73 Å². The molecule has 0 atom stereocenters. The highest BCUT2D eigenvalue weighted by molar-refractivity contribution is 6.48.